The van der Waals surface area contributed by atoms with E-state index in [-0.39, 0.29) is 6.61 Å². The lowest BCUT2D eigenvalue weighted by Gasteiger charge is -2.10. The molecule has 1 atom stereocenters. The Labute approximate surface area is 99.0 Å². The zero-order valence-electron chi connectivity index (χ0n) is 9.39. The number of aliphatic hydroxyl groups excluding tert-OH is 1. The van der Waals surface area contributed by atoms with Crippen molar-refractivity contribution in [1.82, 2.24) is 15.3 Å². The van der Waals surface area contributed by atoms with Crippen LogP contribution in [0.25, 0.3) is 0 Å². The number of hydrogen-bond donors (Lipinski definition) is 3. The van der Waals surface area contributed by atoms with Crippen molar-refractivity contribution in [3.63, 3.8) is 0 Å². The minimum Gasteiger partial charge on any atom is -0.394 e. The van der Waals surface area contributed by atoms with E-state index in [4.69, 9.17) is 9.94 Å². The molecule has 1 heterocycles. The van der Waals surface area contributed by atoms with Crippen molar-refractivity contribution in [3.05, 3.63) is 11.3 Å². The number of aromatic nitrogens is 2. The summed E-state index contributed by atoms with van der Waals surface area (Å²) < 4.78 is 1.50. The van der Waals surface area contributed by atoms with Gasteiger partial charge in [-0.3, -0.25) is 14.3 Å². The van der Waals surface area contributed by atoms with E-state index in [1.54, 1.807) is 20.9 Å². The van der Waals surface area contributed by atoms with Crippen LogP contribution >= 0.6 is 12.6 Å². The molecule has 0 bridgehead atoms. The molecule has 1 unspecified atom stereocenters. The van der Waals surface area contributed by atoms with Gasteiger partial charge in [0.2, 0.25) is 0 Å². The average Bonchev–Trinajstić information content (AvgIpc) is 2.49. The summed E-state index contributed by atoms with van der Waals surface area (Å²) in [7, 11) is 1.70. The van der Waals surface area contributed by atoms with Crippen LogP contribution in [0.3, 0.4) is 0 Å². The highest BCUT2D eigenvalue weighted by atomic mass is 32.1. The van der Waals surface area contributed by atoms with Crippen LogP contribution in [0.2, 0.25) is 0 Å². The first kappa shape index (κ1) is 13.0. The molecule has 0 aliphatic carbocycles. The first-order chi connectivity index (χ1) is 7.47. The number of carbonyl (C=O) groups is 1. The Balaban J connectivity index is 2.73. The smallest absolute Gasteiger partial charge is 0.279 e. The zero-order valence-corrected chi connectivity index (χ0v) is 10.3. The summed E-state index contributed by atoms with van der Waals surface area (Å²) in [4.78, 5) is 16.6. The third-order valence-electron chi connectivity index (χ3n) is 2.03. The van der Waals surface area contributed by atoms with E-state index in [0.29, 0.717) is 16.3 Å². The second kappa shape index (κ2) is 5.33. The molecule has 0 aliphatic heterocycles. The molecule has 6 nitrogen and oxygen atoms in total. The predicted octanol–water partition coefficient (Wildman–Crippen LogP) is 0.0594. The number of hydrogen-bond acceptors (Lipinski definition) is 5. The van der Waals surface area contributed by atoms with Crippen LogP contribution in [0, 0.1) is 6.92 Å². The Hall–Kier alpha value is -1.05. The first-order valence-corrected chi connectivity index (χ1v) is 5.21. The number of thiol groups is 1. The highest BCUT2D eigenvalue weighted by Gasteiger charge is 2.18. The van der Waals surface area contributed by atoms with Crippen molar-refractivity contribution < 1.29 is 14.7 Å². The van der Waals surface area contributed by atoms with Gasteiger partial charge in [-0.25, -0.2) is 5.48 Å². The molecule has 2 N–H and O–H groups in total. The Morgan fingerprint density at radius 2 is 2.38 bits per heavy atom. The summed E-state index contributed by atoms with van der Waals surface area (Å²) in [6.45, 7) is 3.18. The number of nitrogens with one attached hydrogen (secondary N) is 1. The van der Waals surface area contributed by atoms with Gasteiger partial charge in [0.1, 0.15) is 11.1 Å². The van der Waals surface area contributed by atoms with E-state index in [1.165, 1.54) is 4.68 Å². The number of rotatable bonds is 4. The minimum atomic E-state index is -0.454. The number of amides is 1. The maximum atomic E-state index is 11.7. The Morgan fingerprint density at radius 3 is 2.81 bits per heavy atom. The molecule has 1 aromatic rings. The summed E-state index contributed by atoms with van der Waals surface area (Å²) in [5, 5.41) is 13.2. The molecule has 0 saturated carbocycles. The molecule has 0 fully saturated rings. The highest BCUT2D eigenvalue weighted by Crippen LogP contribution is 2.16. The van der Waals surface area contributed by atoms with Gasteiger partial charge in [-0.1, -0.05) is 0 Å². The number of aryl methyl sites for hydroxylation is 2. The van der Waals surface area contributed by atoms with Crippen LogP contribution in [0.15, 0.2) is 5.03 Å². The van der Waals surface area contributed by atoms with Gasteiger partial charge in [0.05, 0.1) is 17.9 Å². The lowest BCUT2D eigenvalue weighted by atomic mass is 10.2. The predicted molar refractivity (Wildman–Crippen MR) is 60.3 cm³/mol. The van der Waals surface area contributed by atoms with Gasteiger partial charge in [0, 0.05) is 7.05 Å². The molecule has 1 rings (SSSR count). The summed E-state index contributed by atoms with van der Waals surface area (Å²) in [5.41, 5.74) is 3.19. The van der Waals surface area contributed by atoms with Crippen molar-refractivity contribution >= 4 is 18.5 Å². The average molecular weight is 245 g/mol. The van der Waals surface area contributed by atoms with Gasteiger partial charge < -0.3 is 5.11 Å². The fourth-order valence-corrected chi connectivity index (χ4v) is 1.46. The molecule has 1 amide bonds. The quantitative estimate of drug-likeness (QED) is 0.518. The van der Waals surface area contributed by atoms with Crippen molar-refractivity contribution in [2.75, 3.05) is 6.61 Å². The summed E-state index contributed by atoms with van der Waals surface area (Å²) in [5.74, 6) is -0.420. The van der Waals surface area contributed by atoms with E-state index >= 15 is 0 Å². The number of hydroxylamine groups is 1. The third-order valence-corrected chi connectivity index (χ3v) is 2.54. The Bertz CT molecular complexity index is 392. The van der Waals surface area contributed by atoms with Crippen molar-refractivity contribution in [2.24, 2.45) is 7.05 Å². The molecule has 1 aromatic heterocycles. The van der Waals surface area contributed by atoms with Gasteiger partial charge in [0.25, 0.3) is 5.91 Å². The summed E-state index contributed by atoms with van der Waals surface area (Å²) in [6.07, 6.45) is -0.454. The van der Waals surface area contributed by atoms with Gasteiger partial charge in [-0.2, -0.15) is 5.10 Å². The number of aliphatic hydroxyl groups is 1. The Kier molecular flexibility index (Phi) is 4.34. The molecule has 90 valence electrons. The van der Waals surface area contributed by atoms with E-state index in [0.717, 1.165) is 0 Å². The van der Waals surface area contributed by atoms with Crippen molar-refractivity contribution in [2.45, 2.75) is 25.0 Å². The molecule has 0 aromatic carbocycles. The highest BCUT2D eigenvalue weighted by molar-refractivity contribution is 7.80. The van der Waals surface area contributed by atoms with Crippen LogP contribution in [-0.4, -0.2) is 33.5 Å². The van der Waals surface area contributed by atoms with Gasteiger partial charge >= 0.3 is 0 Å². The number of carbonyl (C=O) groups excluding carboxylic acids is 1. The maximum Gasteiger partial charge on any atom is 0.279 e. The van der Waals surface area contributed by atoms with Crippen LogP contribution in [0.5, 0.6) is 0 Å². The minimum absolute atomic E-state index is 0.167. The largest absolute Gasteiger partial charge is 0.394 e. The zero-order chi connectivity index (χ0) is 12.3. The van der Waals surface area contributed by atoms with Crippen LogP contribution in [-0.2, 0) is 11.9 Å². The maximum absolute atomic E-state index is 11.7. The van der Waals surface area contributed by atoms with Crippen LogP contribution in [0.1, 0.15) is 23.0 Å². The van der Waals surface area contributed by atoms with Crippen molar-refractivity contribution in [3.8, 4) is 0 Å². The van der Waals surface area contributed by atoms with Gasteiger partial charge in [-0.15, -0.1) is 12.6 Å². The molecule has 7 heteroatoms. The van der Waals surface area contributed by atoms with Crippen LogP contribution in [0.4, 0.5) is 0 Å². The van der Waals surface area contributed by atoms with E-state index in [2.05, 4.69) is 23.2 Å². The topological polar surface area (TPSA) is 76.4 Å². The second-order valence-electron chi connectivity index (χ2n) is 3.45. The fourth-order valence-electron chi connectivity index (χ4n) is 1.15. The molecule has 0 radical (unpaired) electrons. The van der Waals surface area contributed by atoms with Gasteiger partial charge in [-0.05, 0) is 13.8 Å². The molecule has 0 spiro atoms. The summed E-state index contributed by atoms with van der Waals surface area (Å²) >= 11 is 4.17. The van der Waals surface area contributed by atoms with E-state index in [9.17, 15) is 4.79 Å². The fraction of sp³-hybridized carbons (Fsp3) is 0.556. The Morgan fingerprint density at radius 1 is 1.75 bits per heavy atom. The third kappa shape index (κ3) is 2.75. The second-order valence-corrected chi connectivity index (χ2v) is 3.87. The van der Waals surface area contributed by atoms with Crippen molar-refractivity contribution in [1.29, 1.82) is 0 Å². The normalized spacial score (nSPS) is 12.6. The monoisotopic (exact) mass is 245 g/mol. The first-order valence-electron chi connectivity index (χ1n) is 4.76. The summed E-state index contributed by atoms with van der Waals surface area (Å²) in [6, 6.07) is 0. The molecular weight excluding hydrogens is 230 g/mol. The molecular formula is C9H15N3O3S. The SMILES string of the molecule is Cc1nn(C)c(S)c1C(=O)NOC(C)CO. The van der Waals surface area contributed by atoms with E-state index < -0.39 is 12.0 Å². The van der Waals surface area contributed by atoms with Gasteiger partial charge in [0.15, 0.2) is 0 Å². The molecule has 0 saturated heterocycles. The lowest BCUT2D eigenvalue weighted by molar-refractivity contribution is -0.0306. The van der Waals surface area contributed by atoms with E-state index in [1.807, 2.05) is 0 Å². The lowest BCUT2D eigenvalue weighted by Crippen LogP contribution is -2.30. The number of nitrogens with zero attached hydrogens (tertiary/aromatic N) is 2. The van der Waals surface area contributed by atoms with Crippen LogP contribution < -0.4 is 5.48 Å². The molecule has 16 heavy (non-hydrogen) atoms. The molecule has 0 aliphatic rings. The standard InChI is InChI=1S/C9H15N3O3S/c1-5(4-13)15-11-8(14)7-6(2)10-12(3)9(7)16/h5,13,16H,4H2,1-3H3,(H,11,14).